The normalized spacial score (nSPS) is 12.7. The number of aromatic nitrogens is 6. The predicted molar refractivity (Wildman–Crippen MR) is 96.4 cm³/mol. The van der Waals surface area contributed by atoms with E-state index in [4.69, 9.17) is 0 Å². The zero-order chi connectivity index (χ0) is 18.6. The van der Waals surface area contributed by atoms with Gasteiger partial charge < -0.3 is 9.55 Å². The molecule has 26 heavy (non-hydrogen) atoms. The van der Waals surface area contributed by atoms with Crippen molar-refractivity contribution in [1.82, 2.24) is 28.7 Å². The number of hydrogen-bond donors (Lipinski definition) is 1. The summed E-state index contributed by atoms with van der Waals surface area (Å²) in [5.41, 5.74) is -0.00998. The van der Waals surface area contributed by atoms with Gasteiger partial charge in [-0.25, -0.2) is 14.8 Å². The van der Waals surface area contributed by atoms with Crippen LogP contribution in [0.25, 0.3) is 22.1 Å². The first-order chi connectivity index (χ1) is 12.4. The van der Waals surface area contributed by atoms with Gasteiger partial charge in [0.1, 0.15) is 5.82 Å². The number of nitrogens with one attached hydrogen (secondary N) is 1. The van der Waals surface area contributed by atoms with Crippen molar-refractivity contribution < 1.29 is 0 Å². The molecule has 0 saturated heterocycles. The van der Waals surface area contributed by atoms with Gasteiger partial charge in [-0.2, -0.15) is 0 Å². The van der Waals surface area contributed by atoms with Crippen LogP contribution in [0.2, 0.25) is 0 Å². The number of H-pyrrole nitrogens is 1. The molecule has 0 spiro atoms. The Bertz CT molecular complexity index is 1340. The van der Waals surface area contributed by atoms with Crippen molar-refractivity contribution in [2.24, 2.45) is 14.1 Å². The Morgan fingerprint density at radius 3 is 2.58 bits per heavy atom. The van der Waals surface area contributed by atoms with Gasteiger partial charge in [0.25, 0.3) is 11.1 Å². The van der Waals surface area contributed by atoms with E-state index in [0.29, 0.717) is 16.7 Å². The van der Waals surface area contributed by atoms with Crippen LogP contribution in [0.5, 0.6) is 0 Å². The molecule has 0 bridgehead atoms. The Morgan fingerprint density at radius 2 is 1.81 bits per heavy atom. The number of rotatable bonds is 2. The van der Waals surface area contributed by atoms with Gasteiger partial charge in [0.2, 0.25) is 0 Å². The molecule has 0 aliphatic heterocycles. The number of nitrogens with zero attached hydrogens (tertiary/aromatic N) is 5. The Morgan fingerprint density at radius 1 is 1.08 bits per heavy atom. The topological polar surface area (TPSA) is 108 Å². The highest BCUT2D eigenvalue weighted by Crippen LogP contribution is 2.18. The molecule has 0 aliphatic rings. The third-order valence-electron chi connectivity index (χ3n) is 4.62. The third kappa shape index (κ3) is 2.13. The fourth-order valence-electron chi connectivity index (χ4n) is 3.09. The van der Waals surface area contributed by atoms with Crippen molar-refractivity contribution in [1.29, 1.82) is 0 Å². The maximum absolute atomic E-state index is 12.6. The van der Waals surface area contributed by atoms with Gasteiger partial charge >= 0.3 is 5.69 Å². The molecule has 3 heterocycles. The van der Waals surface area contributed by atoms with Crippen LogP contribution in [0.3, 0.4) is 0 Å². The Hall–Kier alpha value is -3.49. The van der Waals surface area contributed by atoms with E-state index in [9.17, 15) is 14.4 Å². The van der Waals surface area contributed by atoms with Crippen molar-refractivity contribution in [3.63, 3.8) is 0 Å². The largest absolute Gasteiger partial charge is 0.332 e. The first-order valence-electron chi connectivity index (χ1n) is 8.01. The maximum Gasteiger partial charge on any atom is 0.332 e. The van der Waals surface area contributed by atoms with Crippen LogP contribution in [-0.4, -0.2) is 28.7 Å². The second kappa shape index (κ2) is 5.51. The zero-order valence-corrected chi connectivity index (χ0v) is 14.4. The molecule has 1 N–H and O–H groups in total. The lowest BCUT2D eigenvalue weighted by Crippen LogP contribution is -2.37. The van der Waals surface area contributed by atoms with Gasteiger partial charge in [-0.3, -0.25) is 18.7 Å². The monoisotopic (exact) mass is 352 g/mol. The fourth-order valence-corrected chi connectivity index (χ4v) is 3.09. The van der Waals surface area contributed by atoms with E-state index in [1.165, 1.54) is 17.9 Å². The number of imidazole rings is 1. The Labute approximate surface area is 146 Å². The molecule has 0 amide bonds. The van der Waals surface area contributed by atoms with Gasteiger partial charge in [-0.1, -0.05) is 12.1 Å². The number of aromatic amines is 1. The summed E-state index contributed by atoms with van der Waals surface area (Å²) in [6.07, 6.45) is 1.48. The van der Waals surface area contributed by atoms with Crippen molar-refractivity contribution in [3.8, 4) is 0 Å². The van der Waals surface area contributed by atoms with Gasteiger partial charge in [-0.15, -0.1) is 0 Å². The molecule has 4 rings (SSSR count). The summed E-state index contributed by atoms with van der Waals surface area (Å²) in [4.78, 5) is 48.5. The van der Waals surface area contributed by atoms with Crippen molar-refractivity contribution >= 4 is 22.1 Å². The molecule has 0 saturated carbocycles. The van der Waals surface area contributed by atoms with Crippen molar-refractivity contribution in [2.45, 2.75) is 13.0 Å². The van der Waals surface area contributed by atoms with Gasteiger partial charge in [0.05, 0.1) is 23.3 Å². The maximum atomic E-state index is 12.6. The fraction of sp³-hybridized carbons (Fsp3) is 0.235. The van der Waals surface area contributed by atoms with E-state index in [0.717, 1.165) is 4.57 Å². The highest BCUT2D eigenvalue weighted by Gasteiger charge is 2.20. The van der Waals surface area contributed by atoms with Crippen molar-refractivity contribution in [3.05, 3.63) is 67.6 Å². The minimum atomic E-state index is -0.456. The second-order valence-electron chi connectivity index (χ2n) is 6.17. The second-order valence-corrected chi connectivity index (χ2v) is 6.17. The van der Waals surface area contributed by atoms with Gasteiger partial charge in [0.15, 0.2) is 11.2 Å². The number of aryl methyl sites for hydroxylation is 1. The third-order valence-corrected chi connectivity index (χ3v) is 4.62. The van der Waals surface area contributed by atoms with E-state index >= 15 is 0 Å². The SMILES string of the molecule is C[C@H](c1nc2ccccc2c(=O)[nH]1)n1cnc2c1c(=O)n(C)c(=O)n2C. The van der Waals surface area contributed by atoms with Crippen LogP contribution in [0.4, 0.5) is 0 Å². The summed E-state index contributed by atoms with van der Waals surface area (Å²) < 4.78 is 3.96. The molecule has 9 heteroatoms. The van der Waals surface area contributed by atoms with Gasteiger partial charge in [0, 0.05) is 14.1 Å². The Balaban J connectivity index is 1.98. The molecule has 0 radical (unpaired) electrons. The summed E-state index contributed by atoms with van der Waals surface area (Å²) >= 11 is 0. The highest BCUT2D eigenvalue weighted by atomic mass is 16.2. The molecule has 0 aliphatic carbocycles. The first kappa shape index (κ1) is 16.0. The molecular formula is C17H16N6O3. The standard InChI is InChI=1S/C17H16N6O3/c1-9(13-19-11-7-5-4-6-10(11)15(24)20-13)23-8-18-14-12(23)16(25)22(3)17(26)21(14)2/h4-9H,1-3H3,(H,19,20,24)/t9-/m1/s1. The molecule has 9 nitrogen and oxygen atoms in total. The zero-order valence-electron chi connectivity index (χ0n) is 14.4. The lowest BCUT2D eigenvalue weighted by atomic mass is 10.2. The molecule has 4 aromatic rings. The molecule has 0 unspecified atom stereocenters. The van der Waals surface area contributed by atoms with Crippen LogP contribution in [0, 0.1) is 0 Å². The van der Waals surface area contributed by atoms with E-state index in [1.807, 2.05) is 0 Å². The molecule has 3 aromatic heterocycles. The predicted octanol–water partition coefficient (Wildman–Crippen LogP) is 0.279. The summed E-state index contributed by atoms with van der Waals surface area (Å²) in [7, 11) is 2.98. The van der Waals surface area contributed by atoms with Gasteiger partial charge in [-0.05, 0) is 19.1 Å². The van der Waals surface area contributed by atoms with Crippen LogP contribution in [0.1, 0.15) is 18.8 Å². The first-order valence-corrected chi connectivity index (χ1v) is 8.01. The minimum Gasteiger partial charge on any atom is -0.314 e. The smallest absolute Gasteiger partial charge is 0.314 e. The van der Waals surface area contributed by atoms with Crippen LogP contribution >= 0.6 is 0 Å². The number of benzene rings is 1. The highest BCUT2D eigenvalue weighted by molar-refractivity contribution is 5.77. The quantitative estimate of drug-likeness (QED) is 0.557. The number of para-hydroxylation sites is 1. The average Bonchev–Trinajstić information content (AvgIpc) is 3.09. The number of hydrogen-bond acceptors (Lipinski definition) is 5. The summed E-state index contributed by atoms with van der Waals surface area (Å²) in [6, 6.07) is 6.59. The summed E-state index contributed by atoms with van der Waals surface area (Å²) in [5, 5.41) is 0.497. The minimum absolute atomic E-state index is 0.248. The van der Waals surface area contributed by atoms with E-state index in [1.54, 1.807) is 42.8 Å². The molecule has 0 fully saturated rings. The summed E-state index contributed by atoms with van der Waals surface area (Å²) in [5.74, 6) is 0.406. The van der Waals surface area contributed by atoms with Crippen LogP contribution < -0.4 is 16.8 Å². The lowest BCUT2D eigenvalue weighted by molar-refractivity contribution is 0.609. The van der Waals surface area contributed by atoms with E-state index in [2.05, 4.69) is 15.0 Å². The summed E-state index contributed by atoms with van der Waals surface area (Å²) in [6.45, 7) is 1.80. The lowest BCUT2D eigenvalue weighted by Gasteiger charge is -2.14. The van der Waals surface area contributed by atoms with E-state index < -0.39 is 17.3 Å². The molecular weight excluding hydrogens is 336 g/mol. The number of fused-ring (bicyclic) bond motifs is 2. The molecule has 1 aromatic carbocycles. The van der Waals surface area contributed by atoms with E-state index in [-0.39, 0.29) is 16.7 Å². The van der Waals surface area contributed by atoms with Crippen LogP contribution in [0.15, 0.2) is 45.0 Å². The van der Waals surface area contributed by atoms with Crippen LogP contribution in [-0.2, 0) is 14.1 Å². The molecule has 132 valence electrons. The Kier molecular flexibility index (Phi) is 3.39. The van der Waals surface area contributed by atoms with Crippen molar-refractivity contribution in [2.75, 3.05) is 0 Å². The average molecular weight is 352 g/mol. The molecule has 1 atom stereocenters.